The fourth-order valence-electron chi connectivity index (χ4n) is 2.42. The molecule has 2 nitrogen and oxygen atoms in total. The Kier molecular flexibility index (Phi) is 4.86. The minimum atomic E-state index is -0.332. The number of hydrogen-bond acceptors (Lipinski definition) is 2. The predicted molar refractivity (Wildman–Crippen MR) is 72.2 cm³/mol. The van der Waals surface area contributed by atoms with Gasteiger partial charge < -0.3 is 9.84 Å². The number of halogens is 1. The average Bonchev–Trinajstić information content (AvgIpc) is 2.81. The molecule has 1 atom stereocenters. The smallest absolute Gasteiger partial charge is 0.119 e. The van der Waals surface area contributed by atoms with Crippen LogP contribution >= 0.6 is 15.9 Å². The molecule has 1 aromatic carbocycles. The number of rotatable bonds is 5. The molecule has 1 aliphatic carbocycles. The summed E-state index contributed by atoms with van der Waals surface area (Å²) in [5.74, 6) is 1.53. The standard InChI is InChI=1S/C14H19BrO2/c15-12-5-7-14(8-6-12)17-10-13(16)9-11-3-1-2-4-11/h5-8,11,13,16H,1-4,9-10H2. The van der Waals surface area contributed by atoms with Crippen molar-refractivity contribution in [2.24, 2.45) is 5.92 Å². The Morgan fingerprint density at radius 3 is 2.53 bits per heavy atom. The van der Waals surface area contributed by atoms with Crippen LogP contribution in [0.5, 0.6) is 5.75 Å². The summed E-state index contributed by atoms with van der Waals surface area (Å²) in [4.78, 5) is 0. The molecule has 94 valence electrons. The van der Waals surface area contributed by atoms with Crippen LogP contribution in [0.1, 0.15) is 32.1 Å². The summed E-state index contributed by atoms with van der Waals surface area (Å²) in [6, 6.07) is 7.70. The zero-order valence-electron chi connectivity index (χ0n) is 9.94. The van der Waals surface area contributed by atoms with Crippen molar-refractivity contribution in [3.63, 3.8) is 0 Å². The van der Waals surface area contributed by atoms with E-state index in [1.807, 2.05) is 24.3 Å². The van der Waals surface area contributed by atoms with Gasteiger partial charge in [-0.2, -0.15) is 0 Å². The van der Waals surface area contributed by atoms with E-state index in [0.29, 0.717) is 12.5 Å². The Labute approximate surface area is 111 Å². The third-order valence-electron chi connectivity index (χ3n) is 3.34. The third kappa shape index (κ3) is 4.32. The van der Waals surface area contributed by atoms with Crippen molar-refractivity contribution in [2.45, 2.75) is 38.2 Å². The van der Waals surface area contributed by atoms with Crippen LogP contribution in [0.15, 0.2) is 28.7 Å². The highest BCUT2D eigenvalue weighted by molar-refractivity contribution is 9.10. The molecule has 17 heavy (non-hydrogen) atoms. The SMILES string of the molecule is OC(COc1ccc(Br)cc1)CC1CCCC1. The van der Waals surface area contributed by atoms with Crippen LogP contribution in [0.4, 0.5) is 0 Å². The molecule has 0 bridgehead atoms. The van der Waals surface area contributed by atoms with Crippen LogP contribution in [0.25, 0.3) is 0 Å². The molecule has 0 amide bonds. The second kappa shape index (κ2) is 6.41. The van der Waals surface area contributed by atoms with Gasteiger partial charge in [0.15, 0.2) is 0 Å². The first-order chi connectivity index (χ1) is 8.24. The van der Waals surface area contributed by atoms with Crippen molar-refractivity contribution in [3.8, 4) is 5.75 Å². The summed E-state index contributed by atoms with van der Waals surface area (Å²) in [6.07, 6.45) is 5.75. The molecule has 3 heteroatoms. The van der Waals surface area contributed by atoms with Gasteiger partial charge in [-0.25, -0.2) is 0 Å². The molecular formula is C14H19BrO2. The molecule has 0 radical (unpaired) electrons. The Morgan fingerprint density at radius 1 is 1.24 bits per heavy atom. The predicted octanol–water partition coefficient (Wildman–Crippen LogP) is 3.77. The number of benzene rings is 1. The van der Waals surface area contributed by atoms with Crippen LogP contribution in [0, 0.1) is 5.92 Å². The molecule has 0 aromatic heterocycles. The van der Waals surface area contributed by atoms with E-state index in [2.05, 4.69) is 15.9 Å². The van der Waals surface area contributed by atoms with E-state index in [9.17, 15) is 5.11 Å². The molecule has 1 N–H and O–H groups in total. The summed E-state index contributed by atoms with van der Waals surface area (Å²) in [7, 11) is 0. The van der Waals surface area contributed by atoms with Gasteiger partial charge in [0.2, 0.25) is 0 Å². The maximum Gasteiger partial charge on any atom is 0.119 e. The first-order valence-corrected chi connectivity index (χ1v) is 7.10. The molecule has 1 aliphatic rings. The summed E-state index contributed by atoms with van der Waals surface area (Å²) in [5.41, 5.74) is 0. The molecule has 1 saturated carbocycles. The van der Waals surface area contributed by atoms with Crippen molar-refractivity contribution in [3.05, 3.63) is 28.7 Å². The van der Waals surface area contributed by atoms with Crippen molar-refractivity contribution in [1.29, 1.82) is 0 Å². The van der Waals surface area contributed by atoms with Gasteiger partial charge in [-0.05, 0) is 36.6 Å². The van der Waals surface area contributed by atoms with E-state index >= 15 is 0 Å². The average molecular weight is 299 g/mol. The summed E-state index contributed by atoms with van der Waals surface area (Å²) >= 11 is 3.38. The Hall–Kier alpha value is -0.540. The molecule has 0 aliphatic heterocycles. The molecular weight excluding hydrogens is 280 g/mol. The van der Waals surface area contributed by atoms with Gasteiger partial charge in [-0.15, -0.1) is 0 Å². The first kappa shape index (κ1) is 12.9. The lowest BCUT2D eigenvalue weighted by Crippen LogP contribution is -2.20. The molecule has 0 saturated heterocycles. The third-order valence-corrected chi connectivity index (χ3v) is 3.86. The largest absolute Gasteiger partial charge is 0.491 e. The van der Waals surface area contributed by atoms with Crippen LogP contribution in [-0.2, 0) is 0 Å². The maximum absolute atomic E-state index is 9.89. The van der Waals surface area contributed by atoms with Gasteiger partial charge in [0.05, 0.1) is 6.10 Å². The Morgan fingerprint density at radius 2 is 1.88 bits per heavy atom. The van der Waals surface area contributed by atoms with Gasteiger partial charge in [0, 0.05) is 4.47 Å². The lowest BCUT2D eigenvalue weighted by Gasteiger charge is -2.16. The van der Waals surface area contributed by atoms with Crippen molar-refractivity contribution < 1.29 is 9.84 Å². The summed E-state index contributed by atoms with van der Waals surface area (Å²) < 4.78 is 6.60. The van der Waals surface area contributed by atoms with Crippen LogP contribution in [0.2, 0.25) is 0 Å². The summed E-state index contributed by atoms with van der Waals surface area (Å²) in [5, 5.41) is 9.89. The molecule has 0 spiro atoms. The monoisotopic (exact) mass is 298 g/mol. The minimum Gasteiger partial charge on any atom is -0.491 e. The molecule has 1 fully saturated rings. The van der Waals surface area contributed by atoms with E-state index in [-0.39, 0.29) is 6.10 Å². The van der Waals surface area contributed by atoms with Crippen molar-refractivity contribution in [2.75, 3.05) is 6.61 Å². The van der Waals surface area contributed by atoms with E-state index in [0.717, 1.165) is 16.6 Å². The number of ether oxygens (including phenoxy) is 1. The normalized spacial score (nSPS) is 18.2. The molecule has 1 aromatic rings. The Bertz CT molecular complexity index is 331. The second-order valence-electron chi connectivity index (χ2n) is 4.80. The minimum absolute atomic E-state index is 0.332. The van der Waals surface area contributed by atoms with Gasteiger partial charge in [0.25, 0.3) is 0 Å². The quantitative estimate of drug-likeness (QED) is 0.897. The lowest BCUT2D eigenvalue weighted by atomic mass is 10.0. The molecule has 1 unspecified atom stereocenters. The van der Waals surface area contributed by atoms with Gasteiger partial charge in [-0.1, -0.05) is 41.6 Å². The van der Waals surface area contributed by atoms with E-state index < -0.39 is 0 Å². The van der Waals surface area contributed by atoms with Crippen molar-refractivity contribution in [1.82, 2.24) is 0 Å². The fraction of sp³-hybridized carbons (Fsp3) is 0.571. The van der Waals surface area contributed by atoms with Crippen LogP contribution < -0.4 is 4.74 Å². The van der Waals surface area contributed by atoms with Gasteiger partial charge in [0.1, 0.15) is 12.4 Å². The highest BCUT2D eigenvalue weighted by atomic mass is 79.9. The van der Waals surface area contributed by atoms with E-state index in [1.54, 1.807) is 0 Å². The van der Waals surface area contributed by atoms with Crippen LogP contribution in [0.3, 0.4) is 0 Å². The number of aliphatic hydroxyl groups excluding tert-OH is 1. The highest BCUT2D eigenvalue weighted by Crippen LogP contribution is 2.28. The lowest BCUT2D eigenvalue weighted by molar-refractivity contribution is 0.0855. The Balaban J connectivity index is 1.71. The fourth-order valence-corrected chi connectivity index (χ4v) is 2.69. The molecule has 0 heterocycles. The number of aliphatic hydroxyl groups is 1. The van der Waals surface area contributed by atoms with E-state index in [1.165, 1.54) is 25.7 Å². The zero-order valence-corrected chi connectivity index (χ0v) is 11.5. The van der Waals surface area contributed by atoms with Gasteiger partial charge >= 0.3 is 0 Å². The van der Waals surface area contributed by atoms with Crippen LogP contribution in [-0.4, -0.2) is 17.8 Å². The van der Waals surface area contributed by atoms with Gasteiger partial charge in [-0.3, -0.25) is 0 Å². The summed E-state index contributed by atoms with van der Waals surface area (Å²) in [6.45, 7) is 0.401. The van der Waals surface area contributed by atoms with Crippen molar-refractivity contribution >= 4 is 15.9 Å². The highest BCUT2D eigenvalue weighted by Gasteiger charge is 2.19. The second-order valence-corrected chi connectivity index (χ2v) is 5.72. The zero-order chi connectivity index (χ0) is 12.1. The first-order valence-electron chi connectivity index (χ1n) is 6.30. The van der Waals surface area contributed by atoms with E-state index in [4.69, 9.17) is 4.74 Å². The topological polar surface area (TPSA) is 29.5 Å². The number of hydrogen-bond donors (Lipinski definition) is 1. The molecule has 2 rings (SSSR count). The maximum atomic E-state index is 9.89.